The highest BCUT2D eigenvalue weighted by molar-refractivity contribution is 8.14. The maximum atomic E-state index is 14.3. The van der Waals surface area contributed by atoms with E-state index < -0.39 is 11.8 Å². The second-order valence-corrected chi connectivity index (χ2v) is 13.0. The standard InChI is InChI=1S/C43H38N4O3S/c1-4-6-19-35(5-2)47-42(50)37(26-34-28-46(38-21-14-13-20-36(34)38)27-31-24-22-30(3)23-25-31)41(49)45-43(47)51-29-39(48)44-40(32-15-9-7-10-16-32)33-17-11-8-12-18-33/h4-26,28,40H,1,27,29H2,2-3H3,(H,44,48)/b19-6-,35-5+,37-26+. The number of amidine groups is 1. The Morgan fingerprint density at radius 3 is 2.20 bits per heavy atom. The fraction of sp³-hybridized carbons (Fsp3) is 0.116. The summed E-state index contributed by atoms with van der Waals surface area (Å²) in [6.07, 6.45) is 10.4. The second kappa shape index (κ2) is 16.1. The first-order chi connectivity index (χ1) is 24.9. The molecule has 6 rings (SSSR count). The quantitative estimate of drug-likeness (QED) is 0.0858. The van der Waals surface area contributed by atoms with Crippen molar-refractivity contribution in [3.05, 3.63) is 185 Å². The smallest absolute Gasteiger partial charge is 0.285 e. The molecule has 51 heavy (non-hydrogen) atoms. The number of aliphatic imine (C=N–C) groups is 1. The third-order valence-corrected chi connectivity index (χ3v) is 9.44. The van der Waals surface area contributed by atoms with Crippen LogP contribution in [0.3, 0.4) is 0 Å². The summed E-state index contributed by atoms with van der Waals surface area (Å²) in [5, 5.41) is 4.16. The van der Waals surface area contributed by atoms with Crippen LogP contribution in [0, 0.1) is 6.92 Å². The summed E-state index contributed by atoms with van der Waals surface area (Å²) in [5.41, 5.74) is 6.34. The van der Waals surface area contributed by atoms with Crippen molar-refractivity contribution in [1.29, 1.82) is 0 Å². The van der Waals surface area contributed by atoms with Gasteiger partial charge in [-0.2, -0.15) is 4.99 Å². The lowest BCUT2D eigenvalue weighted by Gasteiger charge is -2.28. The molecule has 5 aromatic rings. The van der Waals surface area contributed by atoms with Crippen molar-refractivity contribution in [2.45, 2.75) is 26.4 Å². The van der Waals surface area contributed by atoms with Crippen molar-refractivity contribution < 1.29 is 14.4 Å². The molecule has 0 fully saturated rings. The Balaban J connectivity index is 1.30. The molecule has 0 radical (unpaired) electrons. The average molecular weight is 691 g/mol. The van der Waals surface area contributed by atoms with E-state index in [0.29, 0.717) is 12.2 Å². The predicted octanol–water partition coefficient (Wildman–Crippen LogP) is 8.39. The number of fused-ring (bicyclic) bond motifs is 1. The minimum absolute atomic E-state index is 0.0680. The van der Waals surface area contributed by atoms with Crippen LogP contribution in [-0.2, 0) is 20.9 Å². The van der Waals surface area contributed by atoms with E-state index in [0.717, 1.165) is 44.9 Å². The number of hydrogen-bond acceptors (Lipinski definition) is 4. The molecule has 8 heteroatoms. The van der Waals surface area contributed by atoms with Gasteiger partial charge in [-0.1, -0.05) is 145 Å². The van der Waals surface area contributed by atoms with Gasteiger partial charge in [0.25, 0.3) is 11.8 Å². The van der Waals surface area contributed by atoms with Crippen LogP contribution in [0.25, 0.3) is 17.0 Å². The zero-order chi connectivity index (χ0) is 35.7. The third kappa shape index (κ3) is 8.09. The number of hydrogen-bond donors (Lipinski definition) is 1. The zero-order valence-corrected chi connectivity index (χ0v) is 29.3. The van der Waals surface area contributed by atoms with E-state index in [2.05, 4.69) is 52.6 Å². The number of rotatable bonds is 11. The van der Waals surface area contributed by atoms with Gasteiger partial charge in [0.2, 0.25) is 5.91 Å². The van der Waals surface area contributed by atoms with Gasteiger partial charge in [-0.3, -0.25) is 19.3 Å². The van der Waals surface area contributed by atoms with Gasteiger partial charge in [0.05, 0.1) is 11.8 Å². The number of allylic oxidation sites excluding steroid dienone is 4. The lowest BCUT2D eigenvalue weighted by molar-refractivity contribution is -0.126. The average Bonchev–Trinajstić information content (AvgIpc) is 3.50. The summed E-state index contributed by atoms with van der Waals surface area (Å²) >= 11 is 1.04. The lowest BCUT2D eigenvalue weighted by Crippen LogP contribution is -2.42. The molecule has 4 aromatic carbocycles. The second-order valence-electron chi connectivity index (χ2n) is 12.0. The predicted molar refractivity (Wildman–Crippen MR) is 208 cm³/mol. The number of thioether (sulfide) groups is 1. The number of carbonyl (C=O) groups is 3. The number of nitrogens with one attached hydrogen (secondary N) is 1. The van der Waals surface area contributed by atoms with Crippen molar-refractivity contribution in [1.82, 2.24) is 14.8 Å². The van der Waals surface area contributed by atoms with Crippen molar-refractivity contribution >= 4 is 51.6 Å². The highest BCUT2D eigenvalue weighted by Crippen LogP contribution is 2.30. The van der Waals surface area contributed by atoms with E-state index in [9.17, 15) is 14.4 Å². The molecule has 0 unspecified atom stereocenters. The Morgan fingerprint density at radius 1 is 0.902 bits per heavy atom. The fourth-order valence-corrected chi connectivity index (χ4v) is 6.77. The van der Waals surface area contributed by atoms with E-state index in [-0.39, 0.29) is 28.4 Å². The number of aryl methyl sites for hydroxylation is 1. The van der Waals surface area contributed by atoms with Crippen molar-refractivity contribution in [3.8, 4) is 0 Å². The Labute approximate surface area is 302 Å². The minimum Gasteiger partial charge on any atom is -0.344 e. The van der Waals surface area contributed by atoms with Gasteiger partial charge >= 0.3 is 0 Å². The Kier molecular flexibility index (Phi) is 11.0. The van der Waals surface area contributed by atoms with Gasteiger partial charge in [-0.25, -0.2) is 0 Å². The molecule has 0 spiro atoms. The molecular formula is C43H38N4O3S. The van der Waals surface area contributed by atoms with Gasteiger partial charge in [0.15, 0.2) is 5.17 Å². The fourth-order valence-electron chi connectivity index (χ4n) is 5.96. The molecule has 0 aliphatic carbocycles. The Bertz CT molecular complexity index is 2160. The number of carbonyl (C=O) groups excluding carboxylic acids is 3. The first kappa shape index (κ1) is 34.9. The highest BCUT2D eigenvalue weighted by Gasteiger charge is 2.35. The summed E-state index contributed by atoms with van der Waals surface area (Å²) in [6, 6.07) is 35.3. The number of aromatic nitrogens is 1. The van der Waals surface area contributed by atoms with E-state index in [1.165, 1.54) is 10.5 Å². The van der Waals surface area contributed by atoms with Crippen molar-refractivity contribution in [2.24, 2.45) is 4.99 Å². The molecule has 7 nitrogen and oxygen atoms in total. The monoisotopic (exact) mass is 690 g/mol. The summed E-state index contributed by atoms with van der Waals surface area (Å²) in [5.74, 6) is -1.53. The summed E-state index contributed by atoms with van der Waals surface area (Å²) < 4.78 is 2.12. The topological polar surface area (TPSA) is 83.8 Å². The summed E-state index contributed by atoms with van der Waals surface area (Å²) in [7, 11) is 0. The molecule has 254 valence electrons. The van der Waals surface area contributed by atoms with Crippen LogP contribution >= 0.6 is 11.8 Å². The molecule has 0 saturated heterocycles. The lowest BCUT2D eigenvalue weighted by atomic mass is 9.99. The Hall–Kier alpha value is -5.99. The molecule has 0 atom stereocenters. The van der Waals surface area contributed by atoms with Crippen molar-refractivity contribution in [3.63, 3.8) is 0 Å². The molecule has 1 N–H and O–H groups in total. The number of amides is 3. The molecule has 1 aliphatic rings. The summed E-state index contributed by atoms with van der Waals surface area (Å²) in [4.78, 5) is 47.2. The maximum absolute atomic E-state index is 14.3. The number of para-hydroxylation sites is 1. The minimum atomic E-state index is -0.663. The van der Waals surface area contributed by atoms with Crippen molar-refractivity contribution in [2.75, 3.05) is 5.75 Å². The maximum Gasteiger partial charge on any atom is 0.285 e. The Morgan fingerprint density at radius 2 is 1.55 bits per heavy atom. The first-order valence-corrected chi connectivity index (χ1v) is 17.6. The van der Waals surface area contributed by atoms with Gasteiger partial charge in [0.1, 0.15) is 5.57 Å². The number of benzene rings is 4. The molecule has 1 aromatic heterocycles. The molecule has 1 aliphatic heterocycles. The first-order valence-electron chi connectivity index (χ1n) is 16.7. The van der Waals surface area contributed by atoms with Gasteiger partial charge in [-0.05, 0) is 48.8 Å². The van der Waals surface area contributed by atoms with Gasteiger partial charge in [-0.15, -0.1) is 0 Å². The van der Waals surface area contributed by atoms with Crippen LogP contribution in [0.4, 0.5) is 0 Å². The molecule has 2 heterocycles. The SMILES string of the molecule is C=C/C=C\C(=C/C)N1C(=O)/C(=C/c2cn(Cc3ccc(C)cc3)c3ccccc23)C(=O)N=C1SCC(=O)NC(c1ccccc1)c1ccccc1. The summed E-state index contributed by atoms with van der Waals surface area (Å²) in [6.45, 7) is 8.25. The van der Waals surface area contributed by atoms with E-state index in [4.69, 9.17) is 0 Å². The van der Waals surface area contributed by atoms with Crippen LogP contribution in [-0.4, -0.2) is 38.1 Å². The van der Waals surface area contributed by atoms with Gasteiger partial charge < -0.3 is 9.88 Å². The third-order valence-electron chi connectivity index (χ3n) is 8.51. The largest absolute Gasteiger partial charge is 0.344 e. The van der Waals surface area contributed by atoms with E-state index in [1.54, 1.807) is 37.3 Å². The molecule has 0 saturated carbocycles. The molecule has 0 bridgehead atoms. The normalized spacial score (nSPS) is 14.5. The van der Waals surface area contributed by atoms with Crippen LogP contribution < -0.4 is 5.32 Å². The van der Waals surface area contributed by atoms with E-state index >= 15 is 0 Å². The van der Waals surface area contributed by atoms with Crippen LogP contribution in [0.2, 0.25) is 0 Å². The highest BCUT2D eigenvalue weighted by atomic mass is 32.2. The number of nitrogens with zero attached hydrogens (tertiary/aromatic N) is 3. The molecule has 3 amide bonds. The van der Waals surface area contributed by atoms with E-state index in [1.807, 2.05) is 91.1 Å². The zero-order valence-electron chi connectivity index (χ0n) is 28.5. The van der Waals surface area contributed by atoms with Crippen LogP contribution in [0.5, 0.6) is 0 Å². The van der Waals surface area contributed by atoms with Crippen LogP contribution in [0.1, 0.15) is 40.8 Å². The molecular weight excluding hydrogens is 653 g/mol. The van der Waals surface area contributed by atoms with Gasteiger partial charge in [0, 0.05) is 34.9 Å². The van der Waals surface area contributed by atoms with Crippen LogP contribution in [0.15, 0.2) is 163 Å².